The summed E-state index contributed by atoms with van der Waals surface area (Å²) in [5.41, 5.74) is 5.54. The molecule has 1 aliphatic carbocycles. The van der Waals surface area contributed by atoms with Crippen LogP contribution in [0.5, 0.6) is 0 Å². The summed E-state index contributed by atoms with van der Waals surface area (Å²) in [4.78, 5) is 4.70. The van der Waals surface area contributed by atoms with Crippen molar-refractivity contribution in [2.75, 3.05) is 5.01 Å². The number of nitrogens with zero attached hydrogens (tertiary/aromatic N) is 2. The molecular weight excluding hydrogens is 270 g/mol. The summed E-state index contributed by atoms with van der Waals surface area (Å²) in [6, 6.07) is 21.1. The summed E-state index contributed by atoms with van der Waals surface area (Å²) in [5.74, 6) is 0. The van der Waals surface area contributed by atoms with E-state index in [-0.39, 0.29) is 0 Å². The Morgan fingerprint density at radius 1 is 0.818 bits per heavy atom. The Morgan fingerprint density at radius 3 is 1.91 bits per heavy atom. The number of anilines is 2. The first-order chi connectivity index (χ1) is 10.9. The van der Waals surface area contributed by atoms with E-state index in [4.69, 9.17) is 4.99 Å². The molecule has 1 saturated carbocycles. The molecule has 0 heterocycles. The average molecular weight is 293 g/mol. The van der Waals surface area contributed by atoms with Crippen LogP contribution >= 0.6 is 0 Å². The van der Waals surface area contributed by atoms with E-state index in [1.165, 1.54) is 32.1 Å². The third-order valence-electron chi connectivity index (χ3n) is 4.08. The number of rotatable bonds is 5. The van der Waals surface area contributed by atoms with E-state index in [1.807, 2.05) is 42.7 Å². The van der Waals surface area contributed by atoms with Crippen LogP contribution in [0.1, 0.15) is 32.1 Å². The predicted octanol–water partition coefficient (Wildman–Crippen LogP) is 4.69. The largest absolute Gasteiger partial charge is 0.283 e. The zero-order valence-electron chi connectivity index (χ0n) is 12.9. The van der Waals surface area contributed by atoms with Crippen molar-refractivity contribution in [3.8, 4) is 0 Å². The van der Waals surface area contributed by atoms with Crippen molar-refractivity contribution in [3.63, 3.8) is 0 Å². The summed E-state index contributed by atoms with van der Waals surface area (Å²) in [7, 11) is 0. The van der Waals surface area contributed by atoms with Crippen molar-refractivity contribution in [2.24, 2.45) is 4.99 Å². The molecule has 0 bridgehead atoms. The SMILES string of the molecule is C(=NC1CCCCC1)NN(c1ccccc1)c1ccccc1. The Labute approximate surface area is 132 Å². The average Bonchev–Trinajstić information content (AvgIpc) is 2.61. The minimum absolute atomic E-state index is 0.481. The molecule has 1 N–H and O–H groups in total. The lowest BCUT2D eigenvalue weighted by atomic mass is 9.96. The summed E-state index contributed by atoms with van der Waals surface area (Å²) < 4.78 is 0. The second-order valence-corrected chi connectivity index (χ2v) is 5.71. The number of aliphatic imine (C=N–C) groups is 1. The fourth-order valence-electron chi connectivity index (χ4n) is 2.88. The third-order valence-corrected chi connectivity index (χ3v) is 4.08. The van der Waals surface area contributed by atoms with Gasteiger partial charge in [0.05, 0.1) is 17.4 Å². The molecule has 0 amide bonds. The first-order valence-electron chi connectivity index (χ1n) is 8.11. The van der Waals surface area contributed by atoms with Gasteiger partial charge in [-0.25, -0.2) is 0 Å². The molecular formula is C19H23N3. The molecule has 3 rings (SSSR count). The van der Waals surface area contributed by atoms with Crippen LogP contribution in [0.3, 0.4) is 0 Å². The number of para-hydroxylation sites is 2. The number of hydrogen-bond donors (Lipinski definition) is 1. The van der Waals surface area contributed by atoms with E-state index < -0.39 is 0 Å². The van der Waals surface area contributed by atoms with Crippen LogP contribution in [0.15, 0.2) is 65.7 Å². The Hall–Kier alpha value is -2.29. The maximum Gasteiger partial charge on any atom is 0.102 e. The van der Waals surface area contributed by atoms with E-state index in [9.17, 15) is 0 Å². The molecule has 2 aromatic rings. The summed E-state index contributed by atoms with van der Waals surface area (Å²) in [5, 5.41) is 2.06. The van der Waals surface area contributed by atoms with Crippen LogP contribution in [0, 0.1) is 0 Å². The molecule has 3 nitrogen and oxygen atoms in total. The van der Waals surface area contributed by atoms with Crippen LogP contribution in [0.25, 0.3) is 0 Å². The fourth-order valence-corrected chi connectivity index (χ4v) is 2.88. The van der Waals surface area contributed by atoms with Gasteiger partial charge in [-0.1, -0.05) is 55.7 Å². The molecule has 0 radical (unpaired) electrons. The topological polar surface area (TPSA) is 27.6 Å². The van der Waals surface area contributed by atoms with Gasteiger partial charge in [-0.05, 0) is 37.1 Å². The summed E-state index contributed by atoms with van der Waals surface area (Å²) in [6.07, 6.45) is 8.27. The van der Waals surface area contributed by atoms with Gasteiger partial charge < -0.3 is 0 Å². The molecule has 1 aliphatic rings. The van der Waals surface area contributed by atoms with Crippen molar-refractivity contribution < 1.29 is 0 Å². The summed E-state index contributed by atoms with van der Waals surface area (Å²) in [6.45, 7) is 0. The molecule has 0 spiro atoms. The second-order valence-electron chi connectivity index (χ2n) is 5.71. The highest BCUT2D eigenvalue weighted by Crippen LogP contribution is 2.22. The van der Waals surface area contributed by atoms with Gasteiger partial charge >= 0.3 is 0 Å². The zero-order valence-corrected chi connectivity index (χ0v) is 12.9. The van der Waals surface area contributed by atoms with E-state index in [2.05, 4.69) is 34.7 Å². The van der Waals surface area contributed by atoms with Gasteiger partial charge in [0.2, 0.25) is 0 Å². The maximum atomic E-state index is 4.70. The highest BCUT2D eigenvalue weighted by atomic mass is 15.5. The van der Waals surface area contributed by atoms with Gasteiger partial charge in [0.15, 0.2) is 0 Å². The van der Waals surface area contributed by atoms with E-state index >= 15 is 0 Å². The fraction of sp³-hybridized carbons (Fsp3) is 0.316. The Balaban J connectivity index is 1.73. The quantitative estimate of drug-likeness (QED) is 0.492. The lowest BCUT2D eigenvalue weighted by molar-refractivity contribution is 0.443. The normalized spacial score (nSPS) is 15.8. The predicted molar refractivity (Wildman–Crippen MR) is 93.5 cm³/mol. The Kier molecular flexibility index (Phi) is 5.09. The van der Waals surface area contributed by atoms with E-state index in [1.54, 1.807) is 0 Å². The van der Waals surface area contributed by atoms with Gasteiger partial charge in [0, 0.05) is 0 Å². The van der Waals surface area contributed by atoms with Crippen LogP contribution < -0.4 is 10.4 Å². The van der Waals surface area contributed by atoms with E-state index in [0.29, 0.717) is 6.04 Å². The van der Waals surface area contributed by atoms with Crippen molar-refractivity contribution in [1.29, 1.82) is 0 Å². The van der Waals surface area contributed by atoms with Gasteiger partial charge in [-0.2, -0.15) is 0 Å². The molecule has 2 aromatic carbocycles. The van der Waals surface area contributed by atoms with E-state index in [0.717, 1.165) is 11.4 Å². The van der Waals surface area contributed by atoms with Crippen molar-refractivity contribution in [3.05, 3.63) is 60.7 Å². The Morgan fingerprint density at radius 2 is 1.36 bits per heavy atom. The van der Waals surface area contributed by atoms with Gasteiger partial charge in [-0.3, -0.25) is 15.4 Å². The Bertz CT molecular complexity index is 535. The first-order valence-corrected chi connectivity index (χ1v) is 8.11. The smallest absolute Gasteiger partial charge is 0.102 e. The number of hydrogen-bond acceptors (Lipinski definition) is 2. The number of nitrogens with one attached hydrogen (secondary N) is 1. The number of benzene rings is 2. The van der Waals surface area contributed by atoms with Crippen LogP contribution in [0.2, 0.25) is 0 Å². The monoisotopic (exact) mass is 293 g/mol. The van der Waals surface area contributed by atoms with Gasteiger partial charge in [-0.15, -0.1) is 0 Å². The highest BCUT2D eigenvalue weighted by Gasteiger charge is 2.11. The third kappa shape index (κ3) is 3.88. The molecule has 0 saturated heterocycles. The van der Waals surface area contributed by atoms with Gasteiger partial charge in [0.1, 0.15) is 6.34 Å². The molecule has 1 fully saturated rings. The molecule has 3 heteroatoms. The second kappa shape index (κ2) is 7.64. The standard InChI is InChI=1S/C19H23N3/c1-4-10-17(11-5-1)20-16-21-22(18-12-6-2-7-13-18)19-14-8-3-9-15-19/h2-3,6-9,12-17H,1,4-5,10-11H2,(H,20,21). The molecule has 0 aliphatic heterocycles. The molecule has 0 aromatic heterocycles. The number of hydrazine groups is 1. The molecule has 114 valence electrons. The van der Waals surface area contributed by atoms with Crippen molar-refractivity contribution >= 4 is 17.7 Å². The molecule has 22 heavy (non-hydrogen) atoms. The van der Waals surface area contributed by atoms with Crippen LogP contribution in [-0.4, -0.2) is 12.4 Å². The first kappa shape index (κ1) is 14.6. The zero-order chi connectivity index (χ0) is 15.0. The van der Waals surface area contributed by atoms with Crippen LogP contribution in [-0.2, 0) is 0 Å². The van der Waals surface area contributed by atoms with Crippen molar-refractivity contribution in [1.82, 2.24) is 5.43 Å². The lowest BCUT2D eigenvalue weighted by Gasteiger charge is -2.25. The van der Waals surface area contributed by atoms with Crippen molar-refractivity contribution in [2.45, 2.75) is 38.1 Å². The highest BCUT2D eigenvalue weighted by molar-refractivity contribution is 5.68. The lowest BCUT2D eigenvalue weighted by Crippen LogP contribution is -2.33. The molecule has 0 unspecified atom stereocenters. The minimum Gasteiger partial charge on any atom is -0.283 e. The maximum absolute atomic E-state index is 4.70. The van der Waals surface area contributed by atoms with Gasteiger partial charge in [0.25, 0.3) is 0 Å². The minimum atomic E-state index is 0.481. The summed E-state index contributed by atoms with van der Waals surface area (Å²) >= 11 is 0. The molecule has 0 atom stereocenters. The van der Waals surface area contributed by atoms with Crippen LogP contribution in [0.4, 0.5) is 11.4 Å².